The second kappa shape index (κ2) is 7.27. The minimum atomic E-state index is -0.750. The van der Waals surface area contributed by atoms with E-state index in [2.05, 4.69) is 28.2 Å². The summed E-state index contributed by atoms with van der Waals surface area (Å²) in [5.41, 5.74) is -0.750. The van der Waals surface area contributed by atoms with Gasteiger partial charge in [0.25, 0.3) is 5.91 Å². The summed E-state index contributed by atoms with van der Waals surface area (Å²) in [7, 11) is 0. The number of aliphatic hydroxyl groups is 1. The molecule has 0 radical (unpaired) electrons. The molecule has 0 aliphatic heterocycles. The van der Waals surface area contributed by atoms with Crippen molar-refractivity contribution in [2.45, 2.75) is 38.2 Å². The van der Waals surface area contributed by atoms with Crippen molar-refractivity contribution >= 4 is 21.8 Å². The number of rotatable bonds is 5. The van der Waals surface area contributed by atoms with Gasteiger partial charge in [-0.2, -0.15) is 0 Å². The van der Waals surface area contributed by atoms with Crippen LogP contribution < -0.4 is 10.1 Å². The Morgan fingerprint density at radius 1 is 1.38 bits per heavy atom. The number of carbonyl (C=O) groups is 1. The average Bonchev–Trinajstić information content (AvgIpc) is 2.48. The summed E-state index contributed by atoms with van der Waals surface area (Å²) < 4.78 is 6.36. The van der Waals surface area contributed by atoms with Crippen LogP contribution in [0.5, 0.6) is 5.75 Å². The van der Waals surface area contributed by atoms with Crippen LogP contribution in [-0.2, 0) is 4.79 Å². The van der Waals surface area contributed by atoms with E-state index < -0.39 is 5.60 Å². The third kappa shape index (κ3) is 5.32. The van der Waals surface area contributed by atoms with Crippen molar-refractivity contribution in [1.82, 2.24) is 5.32 Å². The third-order valence-corrected chi connectivity index (χ3v) is 4.53. The van der Waals surface area contributed by atoms with Crippen molar-refractivity contribution in [3.8, 4) is 5.75 Å². The zero-order valence-corrected chi connectivity index (χ0v) is 13.9. The zero-order chi connectivity index (χ0) is 15.3. The number of nitrogens with one attached hydrogen (secondary N) is 1. The Morgan fingerprint density at radius 2 is 2.00 bits per heavy atom. The van der Waals surface area contributed by atoms with Crippen molar-refractivity contribution in [2.24, 2.45) is 5.92 Å². The quantitative estimate of drug-likeness (QED) is 0.853. The normalized spacial score (nSPS) is 25.4. The molecule has 0 unspecified atom stereocenters. The van der Waals surface area contributed by atoms with Gasteiger partial charge in [0, 0.05) is 11.0 Å². The predicted molar refractivity (Wildman–Crippen MR) is 85.2 cm³/mol. The fourth-order valence-electron chi connectivity index (χ4n) is 2.47. The lowest BCUT2D eigenvalue weighted by atomic mass is 9.79. The topological polar surface area (TPSA) is 58.6 Å². The molecule has 4 nitrogen and oxygen atoms in total. The fourth-order valence-corrected chi connectivity index (χ4v) is 2.73. The Labute approximate surface area is 134 Å². The van der Waals surface area contributed by atoms with Crippen LogP contribution in [-0.4, -0.2) is 29.8 Å². The molecule has 116 valence electrons. The molecule has 1 aromatic rings. The van der Waals surface area contributed by atoms with Crippen LogP contribution in [0, 0.1) is 5.92 Å². The summed E-state index contributed by atoms with van der Waals surface area (Å²) in [5.74, 6) is 1.12. The minimum absolute atomic E-state index is 0.0336. The summed E-state index contributed by atoms with van der Waals surface area (Å²) in [6.07, 6.45) is 3.54. The van der Waals surface area contributed by atoms with Gasteiger partial charge in [0.2, 0.25) is 0 Å². The van der Waals surface area contributed by atoms with E-state index in [1.807, 2.05) is 12.1 Å². The molecule has 1 fully saturated rings. The molecular formula is C16H22BrNO3. The first-order chi connectivity index (χ1) is 9.97. The first kappa shape index (κ1) is 16.3. The number of ether oxygens (including phenoxy) is 1. The van der Waals surface area contributed by atoms with Gasteiger partial charge in [-0.05, 0) is 55.9 Å². The highest BCUT2D eigenvalue weighted by Crippen LogP contribution is 2.31. The molecule has 2 rings (SSSR count). The van der Waals surface area contributed by atoms with Gasteiger partial charge in [-0.3, -0.25) is 4.79 Å². The van der Waals surface area contributed by atoms with Gasteiger partial charge in [-0.25, -0.2) is 0 Å². The predicted octanol–water partition coefficient (Wildman–Crippen LogP) is 2.89. The standard InChI is InChI=1S/C16H22BrNO3/c1-12-6-8-16(20,9-7-12)11-18-15(19)10-21-14-4-2-13(17)3-5-14/h2-5,12,20H,6-11H2,1H3,(H,18,19). The third-order valence-electron chi connectivity index (χ3n) is 4.00. The second-order valence-corrected chi connectivity index (χ2v) is 6.84. The smallest absolute Gasteiger partial charge is 0.258 e. The number of hydrogen-bond acceptors (Lipinski definition) is 3. The van der Waals surface area contributed by atoms with Gasteiger partial charge >= 0.3 is 0 Å². The molecule has 1 saturated carbocycles. The van der Waals surface area contributed by atoms with Gasteiger partial charge in [0.15, 0.2) is 6.61 Å². The number of benzene rings is 1. The highest BCUT2D eigenvalue weighted by molar-refractivity contribution is 9.10. The molecule has 0 atom stereocenters. The van der Waals surface area contributed by atoms with Crippen LogP contribution in [0.2, 0.25) is 0 Å². The highest BCUT2D eigenvalue weighted by Gasteiger charge is 2.31. The summed E-state index contributed by atoms with van der Waals surface area (Å²) in [6, 6.07) is 7.32. The molecule has 21 heavy (non-hydrogen) atoms. The van der Waals surface area contributed by atoms with Gasteiger partial charge in [0.1, 0.15) is 5.75 Å². The zero-order valence-electron chi connectivity index (χ0n) is 12.3. The van der Waals surface area contributed by atoms with Crippen molar-refractivity contribution < 1.29 is 14.6 Å². The maximum Gasteiger partial charge on any atom is 0.258 e. The van der Waals surface area contributed by atoms with E-state index in [9.17, 15) is 9.90 Å². The Bertz CT molecular complexity index is 467. The van der Waals surface area contributed by atoms with E-state index in [0.717, 1.165) is 30.2 Å². The summed E-state index contributed by atoms with van der Waals surface area (Å²) in [6.45, 7) is 2.47. The van der Waals surface area contributed by atoms with Crippen LogP contribution in [0.25, 0.3) is 0 Å². The molecule has 0 saturated heterocycles. The Kier molecular flexibility index (Phi) is 5.65. The molecule has 1 aromatic carbocycles. The molecule has 1 aliphatic rings. The molecule has 0 bridgehead atoms. The highest BCUT2D eigenvalue weighted by atomic mass is 79.9. The molecule has 2 N–H and O–H groups in total. The van der Waals surface area contributed by atoms with E-state index in [-0.39, 0.29) is 12.5 Å². The molecule has 1 amide bonds. The average molecular weight is 356 g/mol. The second-order valence-electron chi connectivity index (χ2n) is 5.93. The maximum atomic E-state index is 11.8. The van der Waals surface area contributed by atoms with E-state index >= 15 is 0 Å². The number of amides is 1. The summed E-state index contributed by atoms with van der Waals surface area (Å²) >= 11 is 3.34. The van der Waals surface area contributed by atoms with E-state index in [1.165, 1.54) is 0 Å². The molecule has 0 heterocycles. The van der Waals surface area contributed by atoms with Crippen molar-refractivity contribution in [3.05, 3.63) is 28.7 Å². The Hall–Kier alpha value is -1.07. The fraction of sp³-hybridized carbons (Fsp3) is 0.562. The van der Waals surface area contributed by atoms with Gasteiger partial charge in [0.05, 0.1) is 5.60 Å². The van der Waals surface area contributed by atoms with Gasteiger partial charge < -0.3 is 15.2 Å². The van der Waals surface area contributed by atoms with Crippen LogP contribution >= 0.6 is 15.9 Å². The van der Waals surface area contributed by atoms with Crippen molar-refractivity contribution in [3.63, 3.8) is 0 Å². The molecule has 5 heteroatoms. The Morgan fingerprint density at radius 3 is 2.62 bits per heavy atom. The first-order valence-electron chi connectivity index (χ1n) is 7.34. The monoisotopic (exact) mass is 355 g/mol. The largest absolute Gasteiger partial charge is 0.484 e. The molecular weight excluding hydrogens is 334 g/mol. The van der Waals surface area contributed by atoms with Crippen LogP contribution in [0.4, 0.5) is 0 Å². The number of hydrogen-bond donors (Lipinski definition) is 2. The minimum Gasteiger partial charge on any atom is -0.484 e. The van der Waals surface area contributed by atoms with Crippen molar-refractivity contribution in [2.75, 3.05) is 13.2 Å². The van der Waals surface area contributed by atoms with Crippen LogP contribution in [0.15, 0.2) is 28.7 Å². The molecule has 1 aliphatic carbocycles. The summed E-state index contributed by atoms with van der Waals surface area (Å²) in [5, 5.41) is 13.2. The SMILES string of the molecule is CC1CCC(O)(CNC(=O)COc2ccc(Br)cc2)CC1. The lowest BCUT2D eigenvalue weighted by Crippen LogP contribution is -2.46. The van der Waals surface area contributed by atoms with Gasteiger partial charge in [-0.1, -0.05) is 22.9 Å². The van der Waals surface area contributed by atoms with E-state index in [0.29, 0.717) is 18.2 Å². The maximum absolute atomic E-state index is 11.8. The summed E-state index contributed by atoms with van der Waals surface area (Å²) in [4.78, 5) is 11.8. The number of carbonyl (C=O) groups excluding carboxylic acids is 1. The van der Waals surface area contributed by atoms with Crippen LogP contribution in [0.3, 0.4) is 0 Å². The lowest BCUT2D eigenvalue weighted by molar-refractivity contribution is -0.124. The van der Waals surface area contributed by atoms with Crippen molar-refractivity contribution in [1.29, 1.82) is 0 Å². The number of halogens is 1. The van der Waals surface area contributed by atoms with Crippen LogP contribution in [0.1, 0.15) is 32.6 Å². The van der Waals surface area contributed by atoms with Gasteiger partial charge in [-0.15, -0.1) is 0 Å². The lowest BCUT2D eigenvalue weighted by Gasteiger charge is -2.34. The van der Waals surface area contributed by atoms with E-state index in [4.69, 9.17) is 4.74 Å². The first-order valence-corrected chi connectivity index (χ1v) is 8.14. The van der Waals surface area contributed by atoms with E-state index in [1.54, 1.807) is 12.1 Å². The Balaban J connectivity index is 1.71. The molecule has 0 spiro atoms. The molecule has 0 aromatic heterocycles.